The summed E-state index contributed by atoms with van der Waals surface area (Å²) in [5, 5.41) is 31.0. The summed E-state index contributed by atoms with van der Waals surface area (Å²) in [6.07, 6.45) is 20.0. The second-order valence-electron chi connectivity index (χ2n) is 19.1. The fraction of sp³-hybridized carbons (Fsp3) is 0.267. The number of nitrogens with one attached hydrogen (secondary N) is 8. The highest BCUT2D eigenvalue weighted by Gasteiger charge is 2.27. The Bertz CT molecular complexity index is 3300. The topological polar surface area (TPSA) is 256 Å². The van der Waals surface area contributed by atoms with Crippen molar-refractivity contribution < 1.29 is 24.3 Å². The molecule has 9 N–H and O–H groups in total. The van der Waals surface area contributed by atoms with E-state index in [4.69, 9.17) is 38.3 Å². The number of hydrogen-bond acceptors (Lipinski definition) is 12. The Hall–Kier alpha value is -7.80. The van der Waals surface area contributed by atoms with Crippen LogP contribution in [0.5, 0.6) is 0 Å². The first-order chi connectivity index (χ1) is 39.4. The SMILES string of the molecule is C.CN=P.O=C(/C=C/CBr)Nc1ccc(C(=O)N[C@H]2CCC[C@@H](Nc3ncc(Cl)c(-c4c[nH]c5ccccc45)n3)C2)cc1.O=C(/C=C/CO)Nc1ccc(C(=O)N[C@H]2CCC[C@@H](Nc3ncc(Cl)c(-c4c[nH]c5ccccc45)n3)C2)cc1. The molecular weight excluding hydrogens is 1160 g/mol. The van der Waals surface area contributed by atoms with Crippen molar-refractivity contribution in [3.8, 4) is 22.5 Å². The second-order valence-corrected chi connectivity index (χ2v) is 21.0. The number of fused-ring (bicyclic) bond motifs is 2. The molecule has 82 heavy (non-hydrogen) atoms. The van der Waals surface area contributed by atoms with Gasteiger partial charge in [-0.3, -0.25) is 23.9 Å². The summed E-state index contributed by atoms with van der Waals surface area (Å²) >= 11 is 16.2. The molecule has 4 aromatic carbocycles. The smallest absolute Gasteiger partial charge is 0.251 e. The molecule has 4 amide bonds. The van der Waals surface area contributed by atoms with Crippen molar-refractivity contribution in [2.24, 2.45) is 4.74 Å². The molecule has 2 saturated carbocycles. The van der Waals surface area contributed by atoms with Crippen LogP contribution in [0.3, 0.4) is 0 Å². The third-order valence-electron chi connectivity index (χ3n) is 13.4. The van der Waals surface area contributed by atoms with Crippen LogP contribution in [-0.2, 0) is 9.59 Å². The fourth-order valence-corrected chi connectivity index (χ4v) is 10.3. The highest BCUT2D eigenvalue weighted by molar-refractivity contribution is 9.09. The summed E-state index contributed by atoms with van der Waals surface area (Å²) in [7, 11) is 4.47. The molecule has 8 aromatic rings. The lowest BCUT2D eigenvalue weighted by atomic mass is 9.91. The van der Waals surface area contributed by atoms with Gasteiger partial charge >= 0.3 is 0 Å². The van der Waals surface area contributed by atoms with Crippen molar-refractivity contribution in [1.29, 1.82) is 0 Å². The van der Waals surface area contributed by atoms with Crippen molar-refractivity contribution in [1.82, 2.24) is 40.5 Å². The molecule has 0 aliphatic heterocycles. The highest BCUT2D eigenvalue weighted by atomic mass is 79.9. The van der Waals surface area contributed by atoms with Crippen molar-refractivity contribution in [2.75, 3.05) is 40.3 Å². The molecule has 22 heteroatoms. The molecule has 426 valence electrons. The molecule has 0 radical (unpaired) electrons. The Balaban J connectivity index is 0.000000223. The Morgan fingerprint density at radius 1 is 0.646 bits per heavy atom. The number of carbonyl (C=O) groups excluding carboxylic acids is 4. The van der Waals surface area contributed by atoms with Crippen molar-refractivity contribution in [2.45, 2.75) is 83.0 Å². The van der Waals surface area contributed by atoms with Crippen LogP contribution >= 0.6 is 48.2 Å². The number of halogens is 3. The predicted molar refractivity (Wildman–Crippen MR) is 336 cm³/mol. The molecule has 4 heterocycles. The summed E-state index contributed by atoms with van der Waals surface area (Å²) in [5.74, 6) is 0.152. The first kappa shape index (κ1) is 61.8. The number of rotatable bonds is 16. The van der Waals surface area contributed by atoms with Gasteiger partial charge in [0.05, 0.1) is 40.4 Å². The van der Waals surface area contributed by atoms with Gasteiger partial charge in [-0.05, 0) is 121 Å². The van der Waals surface area contributed by atoms with Crippen molar-refractivity contribution >= 4 is 117 Å². The number of benzene rings is 4. The molecule has 2 aliphatic carbocycles. The highest BCUT2D eigenvalue weighted by Crippen LogP contribution is 2.35. The normalized spacial score (nSPS) is 16.6. The molecule has 0 saturated heterocycles. The zero-order valence-electron chi connectivity index (χ0n) is 44.2. The van der Waals surface area contributed by atoms with E-state index in [9.17, 15) is 19.2 Å². The number of carbonyl (C=O) groups is 4. The molecule has 0 spiro atoms. The number of alkyl halides is 1. The van der Waals surface area contributed by atoms with Gasteiger partial charge in [-0.25, -0.2) is 19.9 Å². The molecular formula is C60H65BrCl2N13O5P. The zero-order valence-corrected chi connectivity index (χ0v) is 48.3. The lowest BCUT2D eigenvalue weighted by Gasteiger charge is -2.30. The minimum absolute atomic E-state index is 0. The number of para-hydroxylation sites is 2. The minimum atomic E-state index is -0.347. The number of anilines is 4. The lowest BCUT2D eigenvalue weighted by molar-refractivity contribution is -0.112. The van der Waals surface area contributed by atoms with E-state index < -0.39 is 0 Å². The maximum Gasteiger partial charge on any atom is 0.251 e. The number of H-pyrrole nitrogens is 2. The van der Waals surface area contributed by atoms with E-state index in [0.29, 0.717) is 61.2 Å². The van der Waals surface area contributed by atoms with Gasteiger partial charge in [0.1, 0.15) is 0 Å². The number of aliphatic hydroxyl groups is 1. The summed E-state index contributed by atoms with van der Waals surface area (Å²) in [6, 6.07) is 29.8. The zero-order chi connectivity index (χ0) is 57.1. The van der Waals surface area contributed by atoms with Crippen molar-refractivity contribution in [3.63, 3.8) is 0 Å². The van der Waals surface area contributed by atoms with Gasteiger partial charge in [-0.15, -0.1) is 0 Å². The van der Waals surface area contributed by atoms with Gasteiger partial charge in [0.25, 0.3) is 11.8 Å². The number of aliphatic hydroxyl groups excluding tert-OH is 1. The Morgan fingerprint density at radius 2 is 1.05 bits per heavy atom. The van der Waals surface area contributed by atoms with Crippen LogP contribution in [0.2, 0.25) is 10.0 Å². The molecule has 4 aromatic heterocycles. The number of hydrogen-bond donors (Lipinski definition) is 9. The summed E-state index contributed by atoms with van der Waals surface area (Å²) in [5.41, 5.74) is 7.47. The third-order valence-corrected chi connectivity index (χ3v) is 14.4. The Kier molecular flexibility index (Phi) is 23.3. The van der Waals surface area contributed by atoms with E-state index in [0.717, 1.165) is 84.3 Å². The van der Waals surface area contributed by atoms with E-state index in [2.05, 4.69) is 81.5 Å². The molecule has 0 unspecified atom stereocenters. The average molecular weight is 1230 g/mol. The molecule has 2 aliphatic rings. The van der Waals surface area contributed by atoms with Crippen molar-refractivity contribution in [3.05, 3.63) is 167 Å². The van der Waals surface area contributed by atoms with Crippen LogP contribution < -0.4 is 31.9 Å². The third kappa shape index (κ3) is 17.1. The fourth-order valence-electron chi connectivity index (χ4n) is 9.68. The van der Waals surface area contributed by atoms with E-state index in [-0.39, 0.29) is 61.8 Å². The summed E-state index contributed by atoms with van der Waals surface area (Å²) < 4.78 is 3.31. The van der Waals surface area contributed by atoms with Crippen LogP contribution in [0.25, 0.3) is 44.3 Å². The van der Waals surface area contributed by atoms with Gasteiger partial charge in [0.15, 0.2) is 0 Å². The van der Waals surface area contributed by atoms with Crippen LogP contribution in [0.15, 0.2) is 151 Å². The van der Waals surface area contributed by atoms with Gasteiger partial charge in [0, 0.05) is 117 Å². The maximum absolute atomic E-state index is 12.9. The quantitative estimate of drug-likeness (QED) is 0.0250. The molecule has 10 rings (SSSR count). The number of amides is 4. The summed E-state index contributed by atoms with van der Waals surface area (Å²) in [6.45, 7) is -0.206. The van der Waals surface area contributed by atoms with E-state index >= 15 is 0 Å². The molecule has 0 bridgehead atoms. The van der Waals surface area contributed by atoms with E-state index in [1.54, 1.807) is 74.0 Å². The second kappa shape index (κ2) is 30.9. The van der Waals surface area contributed by atoms with Crippen LogP contribution in [-0.4, -0.2) is 102 Å². The largest absolute Gasteiger partial charge is 0.392 e. The summed E-state index contributed by atoms with van der Waals surface area (Å²) in [4.78, 5) is 74.2. The van der Waals surface area contributed by atoms with Gasteiger partial charge in [0.2, 0.25) is 23.7 Å². The number of allylic oxidation sites excluding steroid dienone is 1. The van der Waals surface area contributed by atoms with Crippen LogP contribution in [0.1, 0.15) is 79.5 Å². The monoisotopic (exact) mass is 1230 g/mol. The standard InChI is InChI=1S/C29H28BrClN6O2.C29H29ClN6O3.CH4NP.CH4/c30-14-4-9-26(38)34-19-12-10-18(11-13-19)28(39)35-20-5-3-6-21(15-20)36-29-33-17-24(31)27(37-29)23-16-32-25-8-2-1-7-22(23)25;30-24-17-32-29(36-27(24)23-16-31-25-8-2-1-7-22(23)25)35-21-6-3-5-20(15-21)34-28(39)18-10-12-19(13-11-18)33-26(38)9-4-14-37;1-2-3;/h1-2,4,7-13,16-17,20-21,32H,3,5-6,14-15H2,(H,34,38)(H,35,39)(H,33,36,37);1-2,4,7-13,16-17,20-21,31,37H,3,5-6,14-15H2,(H,33,38)(H,34,39)(H,32,35,36);3H,1H3;1H4/b2*9-4+;;/t2*20-,21+;;/m00../s1. The number of aromatic nitrogens is 6. The van der Waals surface area contributed by atoms with Gasteiger partial charge in [-0.1, -0.05) is 95.1 Å². The van der Waals surface area contributed by atoms with Crippen LogP contribution in [0.4, 0.5) is 23.3 Å². The molecule has 4 atom stereocenters. The van der Waals surface area contributed by atoms with E-state index in [1.165, 1.54) is 18.2 Å². The number of nitrogens with zero attached hydrogens (tertiary/aromatic N) is 5. The lowest BCUT2D eigenvalue weighted by Crippen LogP contribution is -2.42. The number of aromatic amines is 2. The van der Waals surface area contributed by atoms with Gasteiger partial charge in [-0.2, -0.15) is 0 Å². The maximum atomic E-state index is 12.9. The first-order valence-electron chi connectivity index (χ1n) is 26.3. The predicted octanol–water partition coefficient (Wildman–Crippen LogP) is 12.8. The Morgan fingerprint density at radius 3 is 1.46 bits per heavy atom. The van der Waals surface area contributed by atoms with E-state index in [1.807, 2.05) is 60.9 Å². The van der Waals surface area contributed by atoms with Gasteiger partial charge < -0.3 is 47.0 Å². The minimum Gasteiger partial charge on any atom is -0.392 e. The average Bonchev–Trinajstić information content (AvgIpc) is 4.34. The van der Waals surface area contributed by atoms with Crippen LogP contribution in [0, 0.1) is 0 Å². The Labute approximate surface area is 496 Å². The molecule has 2 fully saturated rings. The first-order valence-corrected chi connectivity index (χ1v) is 28.6. The molecule has 18 nitrogen and oxygen atoms in total.